The first-order valence-electron chi connectivity index (χ1n) is 8.14. The number of amides is 1. The maximum absolute atomic E-state index is 13.0. The number of carbonyl (C=O) groups is 1. The first kappa shape index (κ1) is 14.8. The quantitative estimate of drug-likeness (QED) is 0.802. The van der Waals surface area contributed by atoms with Crippen LogP contribution in [-0.2, 0) is 0 Å². The minimum Gasteiger partial charge on any atom is -0.497 e. The number of carbonyl (C=O) groups excluding carboxylic acids is 1. The summed E-state index contributed by atoms with van der Waals surface area (Å²) in [6.45, 7) is 0.788. The summed E-state index contributed by atoms with van der Waals surface area (Å²) in [6.07, 6.45) is 3.66. The fourth-order valence-electron chi connectivity index (χ4n) is 3.42. The van der Waals surface area contributed by atoms with Crippen molar-refractivity contribution < 1.29 is 9.53 Å². The van der Waals surface area contributed by atoms with Gasteiger partial charge in [0, 0.05) is 12.1 Å². The van der Waals surface area contributed by atoms with Crippen LogP contribution >= 0.6 is 0 Å². The van der Waals surface area contributed by atoms with Crippen molar-refractivity contribution in [1.82, 2.24) is 14.9 Å². The zero-order valence-electron chi connectivity index (χ0n) is 13.5. The molecule has 1 atom stereocenters. The average Bonchev–Trinajstić information content (AvgIpc) is 3.29. The Balaban J connectivity index is 1.62. The van der Waals surface area contributed by atoms with Gasteiger partial charge in [0.1, 0.15) is 5.75 Å². The minimum atomic E-state index is 0.0739. The molecule has 0 spiro atoms. The Morgan fingerprint density at radius 1 is 1.25 bits per heavy atom. The van der Waals surface area contributed by atoms with Gasteiger partial charge in [-0.3, -0.25) is 4.79 Å². The first-order valence-corrected chi connectivity index (χ1v) is 8.14. The smallest absolute Gasteiger partial charge is 0.254 e. The lowest BCUT2D eigenvalue weighted by molar-refractivity contribution is 0.0736. The summed E-state index contributed by atoms with van der Waals surface area (Å²) in [5, 5.41) is 0. The lowest BCUT2D eigenvalue weighted by Crippen LogP contribution is -2.30. The van der Waals surface area contributed by atoms with E-state index in [0.717, 1.165) is 41.7 Å². The second-order valence-electron chi connectivity index (χ2n) is 6.06. The Morgan fingerprint density at radius 2 is 2.08 bits per heavy atom. The highest BCUT2D eigenvalue weighted by molar-refractivity contribution is 5.97. The van der Waals surface area contributed by atoms with E-state index in [4.69, 9.17) is 4.74 Å². The topological polar surface area (TPSA) is 58.2 Å². The highest BCUT2D eigenvalue weighted by Gasteiger charge is 2.30. The summed E-state index contributed by atoms with van der Waals surface area (Å²) >= 11 is 0. The van der Waals surface area contributed by atoms with Crippen molar-refractivity contribution in [2.24, 2.45) is 0 Å². The fraction of sp³-hybridized carbons (Fsp3) is 0.263. The molecule has 122 valence electrons. The number of ether oxygens (including phenoxy) is 1. The number of imidazole rings is 1. The maximum atomic E-state index is 13.0. The van der Waals surface area contributed by atoms with E-state index >= 15 is 0 Å². The molecule has 5 nitrogen and oxygen atoms in total. The molecular formula is C19H19N3O2. The van der Waals surface area contributed by atoms with Gasteiger partial charge in [0.25, 0.3) is 5.91 Å². The third kappa shape index (κ3) is 2.52. The fourth-order valence-corrected chi connectivity index (χ4v) is 3.42. The summed E-state index contributed by atoms with van der Waals surface area (Å²) in [7, 11) is 1.66. The third-order valence-corrected chi connectivity index (χ3v) is 4.68. The Labute approximate surface area is 140 Å². The van der Waals surface area contributed by atoms with Gasteiger partial charge < -0.3 is 14.6 Å². The van der Waals surface area contributed by atoms with Gasteiger partial charge in [-0.1, -0.05) is 12.1 Å². The second-order valence-corrected chi connectivity index (χ2v) is 6.06. The zero-order valence-corrected chi connectivity index (χ0v) is 13.5. The standard InChI is InChI=1S/C19H19N3O2/c1-24-15-7-4-13(5-8-15)18-3-2-10-22(18)19(23)14-6-9-16-17(11-14)21-12-20-16/h4-9,11-12,18H,2-3,10H2,1H3,(H,20,21)/t18-/m1/s1. The van der Waals surface area contributed by atoms with Gasteiger partial charge >= 0.3 is 0 Å². The van der Waals surface area contributed by atoms with E-state index < -0.39 is 0 Å². The van der Waals surface area contributed by atoms with Gasteiger partial charge in [0.05, 0.1) is 30.5 Å². The molecule has 0 bridgehead atoms. The van der Waals surface area contributed by atoms with Crippen molar-refractivity contribution in [1.29, 1.82) is 0 Å². The van der Waals surface area contributed by atoms with Crippen LogP contribution in [0.2, 0.25) is 0 Å². The zero-order chi connectivity index (χ0) is 16.5. The van der Waals surface area contributed by atoms with Crippen LogP contribution in [-0.4, -0.2) is 34.4 Å². The molecule has 5 heteroatoms. The van der Waals surface area contributed by atoms with Crippen molar-refractivity contribution in [2.75, 3.05) is 13.7 Å². The number of hydrogen-bond acceptors (Lipinski definition) is 3. The molecule has 2 aromatic carbocycles. The number of aromatic nitrogens is 2. The molecule has 1 amide bonds. The maximum Gasteiger partial charge on any atom is 0.254 e. The van der Waals surface area contributed by atoms with Gasteiger partial charge in [-0.05, 0) is 48.7 Å². The molecule has 1 aliphatic rings. The van der Waals surface area contributed by atoms with Crippen molar-refractivity contribution in [3.63, 3.8) is 0 Å². The van der Waals surface area contributed by atoms with Gasteiger partial charge in [-0.25, -0.2) is 4.98 Å². The van der Waals surface area contributed by atoms with Crippen LogP contribution in [0.15, 0.2) is 48.8 Å². The Kier molecular flexibility index (Phi) is 3.69. The summed E-state index contributed by atoms with van der Waals surface area (Å²) in [4.78, 5) is 22.2. The molecule has 3 aromatic rings. The average molecular weight is 321 g/mol. The molecule has 1 aliphatic heterocycles. The molecule has 1 saturated heterocycles. The molecule has 1 fully saturated rings. The van der Waals surface area contributed by atoms with E-state index in [0.29, 0.717) is 5.56 Å². The predicted octanol–water partition coefficient (Wildman–Crippen LogP) is 3.55. The normalized spacial score (nSPS) is 17.4. The molecule has 1 aromatic heterocycles. The van der Waals surface area contributed by atoms with Gasteiger partial charge in [-0.15, -0.1) is 0 Å². The summed E-state index contributed by atoms with van der Waals surface area (Å²) in [6, 6.07) is 13.8. The van der Waals surface area contributed by atoms with E-state index in [2.05, 4.69) is 9.97 Å². The number of nitrogens with one attached hydrogen (secondary N) is 1. The molecule has 0 radical (unpaired) electrons. The van der Waals surface area contributed by atoms with Gasteiger partial charge in [0.15, 0.2) is 0 Å². The number of H-pyrrole nitrogens is 1. The van der Waals surface area contributed by atoms with Gasteiger partial charge in [-0.2, -0.15) is 0 Å². The molecule has 1 N–H and O–H groups in total. The largest absolute Gasteiger partial charge is 0.497 e. The first-order chi connectivity index (χ1) is 11.8. The van der Waals surface area contributed by atoms with Crippen molar-refractivity contribution >= 4 is 16.9 Å². The summed E-state index contributed by atoms with van der Waals surface area (Å²) in [5.74, 6) is 0.907. The van der Waals surface area contributed by atoms with E-state index in [1.807, 2.05) is 47.4 Å². The third-order valence-electron chi connectivity index (χ3n) is 4.68. The van der Waals surface area contributed by atoms with Crippen LogP contribution in [0.4, 0.5) is 0 Å². The van der Waals surface area contributed by atoms with Crippen molar-refractivity contribution in [3.05, 3.63) is 59.9 Å². The van der Waals surface area contributed by atoms with Crippen LogP contribution in [0, 0.1) is 0 Å². The number of aromatic amines is 1. The highest BCUT2D eigenvalue weighted by atomic mass is 16.5. The van der Waals surface area contributed by atoms with Gasteiger partial charge in [0.2, 0.25) is 0 Å². The number of methoxy groups -OCH3 is 1. The Hall–Kier alpha value is -2.82. The van der Waals surface area contributed by atoms with E-state index in [1.54, 1.807) is 13.4 Å². The van der Waals surface area contributed by atoms with Crippen LogP contribution in [0.5, 0.6) is 5.75 Å². The molecule has 2 heterocycles. The summed E-state index contributed by atoms with van der Waals surface area (Å²) in [5.41, 5.74) is 3.62. The minimum absolute atomic E-state index is 0.0739. The number of nitrogens with zero attached hydrogens (tertiary/aromatic N) is 2. The van der Waals surface area contributed by atoms with E-state index in [1.165, 1.54) is 0 Å². The summed E-state index contributed by atoms with van der Waals surface area (Å²) < 4.78 is 5.22. The highest BCUT2D eigenvalue weighted by Crippen LogP contribution is 2.34. The SMILES string of the molecule is COc1ccc([C@H]2CCCN2C(=O)c2ccc3nc[nH]c3c2)cc1. The second kappa shape index (κ2) is 6.00. The number of hydrogen-bond donors (Lipinski definition) is 1. The lowest BCUT2D eigenvalue weighted by Gasteiger charge is -2.25. The Morgan fingerprint density at radius 3 is 2.88 bits per heavy atom. The van der Waals surface area contributed by atoms with Crippen molar-refractivity contribution in [3.8, 4) is 5.75 Å². The van der Waals surface area contributed by atoms with E-state index in [-0.39, 0.29) is 11.9 Å². The van der Waals surface area contributed by atoms with Crippen LogP contribution in [0.1, 0.15) is 34.8 Å². The number of fused-ring (bicyclic) bond motifs is 1. The van der Waals surface area contributed by atoms with Crippen LogP contribution in [0.3, 0.4) is 0 Å². The van der Waals surface area contributed by atoms with Crippen LogP contribution in [0.25, 0.3) is 11.0 Å². The predicted molar refractivity (Wildman–Crippen MR) is 92.1 cm³/mol. The Bertz CT molecular complexity index is 870. The molecule has 24 heavy (non-hydrogen) atoms. The molecular weight excluding hydrogens is 302 g/mol. The monoisotopic (exact) mass is 321 g/mol. The number of benzene rings is 2. The van der Waals surface area contributed by atoms with Crippen LogP contribution < -0.4 is 4.74 Å². The molecule has 0 aliphatic carbocycles. The van der Waals surface area contributed by atoms with Crippen molar-refractivity contribution in [2.45, 2.75) is 18.9 Å². The molecule has 4 rings (SSSR count). The molecule has 0 unspecified atom stereocenters. The molecule has 0 saturated carbocycles. The number of rotatable bonds is 3. The van der Waals surface area contributed by atoms with E-state index in [9.17, 15) is 4.79 Å². The lowest BCUT2D eigenvalue weighted by atomic mass is 10.0. The number of likely N-dealkylation sites (tertiary alicyclic amines) is 1.